The zero-order valence-electron chi connectivity index (χ0n) is 12.6. The SMILES string of the molecule is CCCn1c(C)nnc1S(=O)(=O)C1CCc2c(Cl)cccc21. The Kier molecular flexibility index (Phi) is 3.99. The molecule has 0 saturated heterocycles. The number of hydrogen-bond donors (Lipinski definition) is 0. The Labute approximate surface area is 135 Å². The lowest BCUT2D eigenvalue weighted by molar-refractivity contribution is 0.540. The van der Waals surface area contributed by atoms with Crippen molar-refractivity contribution in [2.24, 2.45) is 0 Å². The normalized spacial score (nSPS) is 17.7. The van der Waals surface area contributed by atoms with Gasteiger partial charge in [0, 0.05) is 11.6 Å². The molecule has 0 N–H and O–H groups in total. The van der Waals surface area contributed by atoms with Gasteiger partial charge in [0.05, 0.1) is 5.25 Å². The molecule has 5 nitrogen and oxygen atoms in total. The van der Waals surface area contributed by atoms with E-state index in [4.69, 9.17) is 11.6 Å². The summed E-state index contributed by atoms with van der Waals surface area (Å²) in [5.41, 5.74) is 1.74. The first-order chi connectivity index (χ1) is 10.5. The number of benzene rings is 1. The van der Waals surface area contributed by atoms with Gasteiger partial charge in [-0.15, -0.1) is 10.2 Å². The fourth-order valence-corrected chi connectivity index (χ4v) is 5.27. The molecule has 1 aromatic carbocycles. The molecule has 0 amide bonds. The third-order valence-electron chi connectivity index (χ3n) is 4.14. The Morgan fingerprint density at radius 2 is 2.14 bits per heavy atom. The molecule has 1 unspecified atom stereocenters. The van der Waals surface area contributed by atoms with Crippen molar-refractivity contribution >= 4 is 21.4 Å². The van der Waals surface area contributed by atoms with E-state index >= 15 is 0 Å². The molecule has 2 aromatic rings. The van der Waals surface area contributed by atoms with Crippen molar-refractivity contribution in [2.45, 2.75) is 50.1 Å². The molecule has 0 radical (unpaired) electrons. The van der Waals surface area contributed by atoms with Crippen molar-refractivity contribution in [2.75, 3.05) is 0 Å². The Morgan fingerprint density at radius 1 is 1.36 bits per heavy atom. The van der Waals surface area contributed by atoms with Gasteiger partial charge in [0.15, 0.2) is 0 Å². The minimum absolute atomic E-state index is 0.0738. The average molecular weight is 340 g/mol. The quantitative estimate of drug-likeness (QED) is 0.858. The van der Waals surface area contributed by atoms with Crippen molar-refractivity contribution in [3.8, 4) is 0 Å². The average Bonchev–Trinajstić information content (AvgIpc) is 3.06. The van der Waals surface area contributed by atoms with E-state index in [0.29, 0.717) is 30.2 Å². The van der Waals surface area contributed by atoms with Gasteiger partial charge in [0.25, 0.3) is 0 Å². The minimum Gasteiger partial charge on any atom is -0.302 e. The van der Waals surface area contributed by atoms with Gasteiger partial charge in [-0.2, -0.15) is 0 Å². The molecule has 0 saturated carbocycles. The van der Waals surface area contributed by atoms with Crippen LogP contribution < -0.4 is 0 Å². The van der Waals surface area contributed by atoms with Crippen LogP contribution in [0.4, 0.5) is 0 Å². The van der Waals surface area contributed by atoms with Crippen LogP contribution in [-0.4, -0.2) is 23.2 Å². The second-order valence-corrected chi connectivity index (χ2v) is 7.99. The number of aryl methyl sites for hydroxylation is 1. The summed E-state index contributed by atoms with van der Waals surface area (Å²) in [6, 6.07) is 5.46. The lowest BCUT2D eigenvalue weighted by Crippen LogP contribution is -2.17. The second kappa shape index (κ2) is 5.66. The molecular formula is C15H18ClN3O2S. The van der Waals surface area contributed by atoms with Crippen LogP contribution in [0.2, 0.25) is 5.02 Å². The van der Waals surface area contributed by atoms with E-state index in [0.717, 1.165) is 17.5 Å². The van der Waals surface area contributed by atoms with Crippen molar-refractivity contribution in [1.29, 1.82) is 0 Å². The molecule has 0 spiro atoms. The highest BCUT2D eigenvalue weighted by atomic mass is 35.5. The van der Waals surface area contributed by atoms with Crippen LogP contribution in [0.15, 0.2) is 23.4 Å². The van der Waals surface area contributed by atoms with Crippen molar-refractivity contribution in [3.05, 3.63) is 40.2 Å². The maximum absolute atomic E-state index is 13.1. The van der Waals surface area contributed by atoms with Gasteiger partial charge in [-0.1, -0.05) is 30.7 Å². The molecule has 0 bridgehead atoms. The van der Waals surface area contributed by atoms with Crippen LogP contribution in [0, 0.1) is 6.92 Å². The van der Waals surface area contributed by atoms with E-state index in [1.165, 1.54) is 0 Å². The maximum Gasteiger partial charge on any atom is 0.250 e. The summed E-state index contributed by atoms with van der Waals surface area (Å²) in [6.07, 6.45) is 2.05. The predicted octanol–water partition coefficient (Wildman–Crippen LogP) is 3.11. The van der Waals surface area contributed by atoms with Crippen molar-refractivity contribution < 1.29 is 8.42 Å². The van der Waals surface area contributed by atoms with Crippen LogP contribution in [0.1, 0.15) is 42.0 Å². The highest BCUT2D eigenvalue weighted by Crippen LogP contribution is 2.42. The van der Waals surface area contributed by atoms with Crippen LogP contribution >= 0.6 is 11.6 Å². The van der Waals surface area contributed by atoms with E-state index in [1.807, 2.05) is 13.0 Å². The number of fused-ring (bicyclic) bond motifs is 1. The van der Waals surface area contributed by atoms with E-state index < -0.39 is 15.1 Å². The molecular weight excluding hydrogens is 322 g/mol. The first kappa shape index (κ1) is 15.5. The zero-order valence-corrected chi connectivity index (χ0v) is 14.2. The molecule has 22 heavy (non-hydrogen) atoms. The standard InChI is InChI=1S/C15H18ClN3O2S/c1-3-9-19-10(2)17-18-15(19)22(20,21)14-8-7-11-12(14)5-4-6-13(11)16/h4-6,14H,3,7-9H2,1-2H3. The summed E-state index contributed by atoms with van der Waals surface area (Å²) in [7, 11) is -3.57. The molecule has 0 fully saturated rings. The smallest absolute Gasteiger partial charge is 0.250 e. The van der Waals surface area contributed by atoms with Gasteiger partial charge in [-0.05, 0) is 43.4 Å². The monoisotopic (exact) mass is 339 g/mol. The largest absolute Gasteiger partial charge is 0.302 e. The topological polar surface area (TPSA) is 64.8 Å². The maximum atomic E-state index is 13.1. The Hall–Kier alpha value is -1.40. The summed E-state index contributed by atoms with van der Waals surface area (Å²) in [5, 5.41) is 8.02. The van der Waals surface area contributed by atoms with Gasteiger partial charge in [-0.25, -0.2) is 8.42 Å². The lowest BCUT2D eigenvalue weighted by atomic mass is 10.1. The highest BCUT2D eigenvalue weighted by molar-refractivity contribution is 7.91. The minimum atomic E-state index is -3.57. The van der Waals surface area contributed by atoms with Gasteiger partial charge >= 0.3 is 0 Å². The lowest BCUT2D eigenvalue weighted by Gasteiger charge is -2.14. The third kappa shape index (κ3) is 2.34. The molecule has 1 aliphatic carbocycles. The van der Waals surface area contributed by atoms with Gasteiger partial charge in [0.1, 0.15) is 5.82 Å². The Bertz CT molecular complexity index is 814. The summed E-state index contributed by atoms with van der Waals surface area (Å²) < 4.78 is 27.8. The molecule has 1 aromatic heterocycles. The third-order valence-corrected chi connectivity index (χ3v) is 6.54. The second-order valence-electron chi connectivity index (χ2n) is 5.56. The zero-order chi connectivity index (χ0) is 15.9. The van der Waals surface area contributed by atoms with Gasteiger partial charge < -0.3 is 4.57 Å². The van der Waals surface area contributed by atoms with Crippen LogP contribution in [0.25, 0.3) is 0 Å². The van der Waals surface area contributed by atoms with Gasteiger partial charge in [-0.3, -0.25) is 0 Å². The van der Waals surface area contributed by atoms with E-state index in [9.17, 15) is 8.42 Å². The summed E-state index contributed by atoms with van der Waals surface area (Å²) >= 11 is 6.19. The summed E-state index contributed by atoms with van der Waals surface area (Å²) in [5.74, 6) is 0.629. The number of nitrogens with zero attached hydrogens (tertiary/aromatic N) is 3. The fraction of sp³-hybridized carbons (Fsp3) is 0.467. The number of sulfone groups is 1. The fourth-order valence-electron chi connectivity index (χ4n) is 3.07. The molecule has 3 rings (SSSR count). The molecule has 7 heteroatoms. The van der Waals surface area contributed by atoms with Crippen LogP contribution in [0.5, 0.6) is 0 Å². The molecule has 118 valence electrons. The first-order valence-corrected chi connectivity index (χ1v) is 9.30. The highest BCUT2D eigenvalue weighted by Gasteiger charge is 2.38. The van der Waals surface area contributed by atoms with E-state index in [1.54, 1.807) is 23.6 Å². The molecule has 1 heterocycles. The van der Waals surface area contributed by atoms with Gasteiger partial charge in [0.2, 0.25) is 15.0 Å². The molecule has 0 aliphatic heterocycles. The molecule has 1 atom stereocenters. The summed E-state index contributed by atoms with van der Waals surface area (Å²) in [4.78, 5) is 0. The number of halogens is 1. The van der Waals surface area contributed by atoms with Crippen molar-refractivity contribution in [3.63, 3.8) is 0 Å². The van der Waals surface area contributed by atoms with Crippen molar-refractivity contribution in [1.82, 2.24) is 14.8 Å². The first-order valence-electron chi connectivity index (χ1n) is 7.37. The number of aromatic nitrogens is 3. The number of hydrogen-bond acceptors (Lipinski definition) is 4. The number of rotatable bonds is 4. The van der Waals surface area contributed by atoms with E-state index in [2.05, 4.69) is 10.2 Å². The predicted molar refractivity (Wildman–Crippen MR) is 84.7 cm³/mol. The van der Waals surface area contributed by atoms with Crippen LogP contribution in [-0.2, 0) is 22.8 Å². The Morgan fingerprint density at radius 3 is 2.86 bits per heavy atom. The Balaban J connectivity index is 2.08. The summed E-state index contributed by atoms with van der Waals surface area (Å²) in [6.45, 7) is 4.38. The molecule has 1 aliphatic rings. The van der Waals surface area contributed by atoms with E-state index in [-0.39, 0.29) is 5.16 Å². The van der Waals surface area contributed by atoms with Crippen LogP contribution in [0.3, 0.4) is 0 Å².